The molecule has 0 saturated carbocycles. The van der Waals surface area contributed by atoms with Gasteiger partial charge < -0.3 is 10.2 Å². The summed E-state index contributed by atoms with van der Waals surface area (Å²) in [5, 5.41) is 4.09. The molecule has 2 nitrogen and oxygen atoms in total. The van der Waals surface area contributed by atoms with Crippen LogP contribution in [0.25, 0.3) is 0 Å². The highest BCUT2D eigenvalue weighted by molar-refractivity contribution is 7.80. The molecular weight excluding hydrogens is 156 g/mol. The zero-order valence-corrected chi connectivity index (χ0v) is 8.46. The molecule has 0 spiro atoms. The van der Waals surface area contributed by atoms with Gasteiger partial charge in [0.1, 0.15) is 0 Å². The Bertz CT molecular complexity index is 175. The molecule has 1 fully saturated rings. The fraction of sp³-hybridized carbons (Fsp3) is 0.875. The van der Waals surface area contributed by atoms with Crippen LogP contribution in [-0.4, -0.2) is 28.1 Å². The molecule has 64 valence electrons. The van der Waals surface area contributed by atoms with Crippen molar-refractivity contribution in [3.63, 3.8) is 0 Å². The van der Waals surface area contributed by atoms with Gasteiger partial charge in [-0.25, -0.2) is 0 Å². The molecule has 3 heteroatoms. The summed E-state index contributed by atoms with van der Waals surface area (Å²) in [5.41, 5.74) is 0.186. The summed E-state index contributed by atoms with van der Waals surface area (Å²) >= 11 is 5.18. The fourth-order valence-electron chi connectivity index (χ4n) is 1.67. The molecule has 1 heterocycles. The first-order valence-electron chi connectivity index (χ1n) is 4.02. The lowest BCUT2D eigenvalue weighted by molar-refractivity contribution is 0.214. The predicted molar refractivity (Wildman–Crippen MR) is 51.7 cm³/mol. The Morgan fingerprint density at radius 2 is 2.09 bits per heavy atom. The minimum atomic E-state index is 0.186. The second kappa shape index (κ2) is 2.63. The van der Waals surface area contributed by atoms with Crippen molar-refractivity contribution in [3.05, 3.63) is 0 Å². The number of nitrogens with zero attached hydrogens (tertiary/aromatic N) is 1. The normalized spacial score (nSPS) is 22.6. The van der Waals surface area contributed by atoms with Crippen LogP contribution in [0.4, 0.5) is 0 Å². The third kappa shape index (κ3) is 1.48. The van der Waals surface area contributed by atoms with E-state index in [0.29, 0.717) is 6.04 Å². The average Bonchev–Trinajstić information content (AvgIpc) is 2.06. The molecule has 0 aromatic rings. The van der Waals surface area contributed by atoms with Gasteiger partial charge in [-0.2, -0.15) is 0 Å². The van der Waals surface area contributed by atoms with Gasteiger partial charge in [0.05, 0.1) is 5.54 Å². The van der Waals surface area contributed by atoms with Crippen molar-refractivity contribution >= 4 is 17.3 Å². The molecule has 1 rings (SSSR count). The number of nitrogens with one attached hydrogen (secondary N) is 1. The molecule has 1 N–H and O–H groups in total. The standard InChI is InChI=1S/C8H16N2S/c1-6(2)10-7(11)9-5-8(10,3)4/h6H,5H2,1-4H3,(H,9,11). The van der Waals surface area contributed by atoms with Crippen molar-refractivity contribution in [1.82, 2.24) is 10.2 Å². The van der Waals surface area contributed by atoms with Gasteiger partial charge in [-0.3, -0.25) is 0 Å². The highest BCUT2D eigenvalue weighted by Gasteiger charge is 2.36. The summed E-state index contributed by atoms with van der Waals surface area (Å²) in [6, 6.07) is 0.493. The van der Waals surface area contributed by atoms with Crippen molar-refractivity contribution < 1.29 is 0 Å². The topological polar surface area (TPSA) is 15.3 Å². The van der Waals surface area contributed by atoms with Crippen molar-refractivity contribution in [1.29, 1.82) is 0 Å². The van der Waals surface area contributed by atoms with Gasteiger partial charge in [-0.15, -0.1) is 0 Å². The van der Waals surface area contributed by atoms with E-state index in [9.17, 15) is 0 Å². The van der Waals surface area contributed by atoms with Crippen LogP contribution >= 0.6 is 12.2 Å². The molecule has 0 amide bonds. The third-order valence-corrected chi connectivity index (χ3v) is 2.40. The zero-order chi connectivity index (χ0) is 8.65. The first-order chi connectivity index (χ1) is 4.95. The van der Waals surface area contributed by atoms with Crippen LogP contribution in [0.2, 0.25) is 0 Å². The van der Waals surface area contributed by atoms with Crippen LogP contribution in [0.1, 0.15) is 27.7 Å². The maximum Gasteiger partial charge on any atom is 0.169 e. The highest BCUT2D eigenvalue weighted by Crippen LogP contribution is 2.21. The molecule has 0 unspecified atom stereocenters. The zero-order valence-electron chi connectivity index (χ0n) is 7.64. The number of rotatable bonds is 1. The Kier molecular flexibility index (Phi) is 2.10. The largest absolute Gasteiger partial charge is 0.360 e. The Balaban J connectivity index is 2.80. The second-order valence-corrected chi connectivity index (χ2v) is 4.32. The van der Waals surface area contributed by atoms with E-state index in [1.165, 1.54) is 0 Å². The third-order valence-electron chi connectivity index (χ3n) is 2.06. The maximum absolute atomic E-state index is 5.18. The molecule has 1 aliphatic heterocycles. The SMILES string of the molecule is CC(C)N1C(=S)NCC1(C)C. The predicted octanol–water partition coefficient (Wildman–Crippen LogP) is 1.36. The monoisotopic (exact) mass is 172 g/mol. The molecule has 1 aliphatic rings. The van der Waals surface area contributed by atoms with Crippen molar-refractivity contribution in [2.75, 3.05) is 6.54 Å². The summed E-state index contributed by atoms with van der Waals surface area (Å²) < 4.78 is 0. The summed E-state index contributed by atoms with van der Waals surface area (Å²) in [4.78, 5) is 2.25. The summed E-state index contributed by atoms with van der Waals surface area (Å²) in [6.45, 7) is 9.71. The van der Waals surface area contributed by atoms with Crippen LogP contribution in [0, 0.1) is 0 Å². The van der Waals surface area contributed by atoms with Crippen LogP contribution < -0.4 is 5.32 Å². The van der Waals surface area contributed by atoms with Gasteiger partial charge in [-0.05, 0) is 39.9 Å². The Morgan fingerprint density at radius 3 is 2.27 bits per heavy atom. The molecule has 11 heavy (non-hydrogen) atoms. The van der Waals surface area contributed by atoms with Gasteiger partial charge in [0.2, 0.25) is 0 Å². The summed E-state index contributed by atoms with van der Waals surface area (Å²) in [7, 11) is 0. The molecular formula is C8H16N2S. The Morgan fingerprint density at radius 1 is 1.55 bits per heavy atom. The molecule has 0 bridgehead atoms. The molecule has 0 radical (unpaired) electrons. The molecule has 0 atom stereocenters. The van der Waals surface area contributed by atoms with E-state index in [2.05, 4.69) is 37.9 Å². The number of hydrogen-bond donors (Lipinski definition) is 1. The summed E-state index contributed by atoms with van der Waals surface area (Å²) in [6.07, 6.45) is 0. The van der Waals surface area contributed by atoms with E-state index in [0.717, 1.165) is 11.7 Å². The number of thiocarbonyl (C=S) groups is 1. The molecule has 0 aliphatic carbocycles. The van der Waals surface area contributed by atoms with Crippen LogP contribution in [0.15, 0.2) is 0 Å². The first-order valence-corrected chi connectivity index (χ1v) is 4.43. The lowest BCUT2D eigenvalue weighted by atomic mass is 10.0. The van der Waals surface area contributed by atoms with Gasteiger partial charge in [0, 0.05) is 12.6 Å². The number of hydrogen-bond acceptors (Lipinski definition) is 1. The smallest absolute Gasteiger partial charge is 0.169 e. The van der Waals surface area contributed by atoms with E-state index in [1.807, 2.05) is 0 Å². The molecule has 1 saturated heterocycles. The van der Waals surface area contributed by atoms with Crippen molar-refractivity contribution in [3.8, 4) is 0 Å². The maximum atomic E-state index is 5.18. The summed E-state index contributed by atoms with van der Waals surface area (Å²) in [5.74, 6) is 0. The van der Waals surface area contributed by atoms with E-state index in [4.69, 9.17) is 12.2 Å². The van der Waals surface area contributed by atoms with Crippen molar-refractivity contribution in [2.45, 2.75) is 39.3 Å². The van der Waals surface area contributed by atoms with Gasteiger partial charge in [0.25, 0.3) is 0 Å². The van der Waals surface area contributed by atoms with E-state index in [-0.39, 0.29) is 5.54 Å². The van der Waals surface area contributed by atoms with Gasteiger partial charge in [-0.1, -0.05) is 0 Å². The van der Waals surface area contributed by atoms with Gasteiger partial charge in [0.15, 0.2) is 5.11 Å². The minimum absolute atomic E-state index is 0.186. The first kappa shape index (κ1) is 8.78. The Labute approximate surface area is 74.0 Å². The van der Waals surface area contributed by atoms with E-state index >= 15 is 0 Å². The van der Waals surface area contributed by atoms with E-state index < -0.39 is 0 Å². The lowest BCUT2D eigenvalue weighted by Gasteiger charge is -2.34. The Hall–Kier alpha value is -0.310. The van der Waals surface area contributed by atoms with Crippen LogP contribution in [0.3, 0.4) is 0 Å². The van der Waals surface area contributed by atoms with Crippen LogP contribution in [0.5, 0.6) is 0 Å². The minimum Gasteiger partial charge on any atom is -0.360 e. The molecule has 0 aromatic carbocycles. The second-order valence-electron chi connectivity index (χ2n) is 3.93. The average molecular weight is 172 g/mol. The van der Waals surface area contributed by atoms with Crippen LogP contribution in [-0.2, 0) is 0 Å². The highest BCUT2D eigenvalue weighted by atomic mass is 32.1. The lowest BCUT2D eigenvalue weighted by Crippen LogP contribution is -2.46. The van der Waals surface area contributed by atoms with Gasteiger partial charge >= 0.3 is 0 Å². The molecule has 0 aromatic heterocycles. The van der Waals surface area contributed by atoms with E-state index in [1.54, 1.807) is 0 Å². The quantitative estimate of drug-likeness (QED) is 0.601. The van der Waals surface area contributed by atoms with Crippen molar-refractivity contribution in [2.24, 2.45) is 0 Å². The fourth-order valence-corrected chi connectivity index (χ4v) is 2.20.